The van der Waals surface area contributed by atoms with Crippen molar-refractivity contribution in [3.05, 3.63) is 23.8 Å². The molecule has 6 nitrogen and oxygen atoms in total. The van der Waals surface area contributed by atoms with Crippen LogP contribution in [0.3, 0.4) is 0 Å². The zero-order valence-corrected chi connectivity index (χ0v) is 18.0. The van der Waals surface area contributed by atoms with Crippen LogP contribution < -0.4 is 20.1 Å². The minimum Gasteiger partial charge on any atom is -0.497 e. The average Bonchev–Trinajstić information content (AvgIpc) is 2.61. The van der Waals surface area contributed by atoms with E-state index in [4.69, 9.17) is 9.47 Å². The van der Waals surface area contributed by atoms with Gasteiger partial charge in [0.25, 0.3) is 0 Å². The molecule has 1 aromatic carbocycles. The fourth-order valence-electron chi connectivity index (χ4n) is 2.06. The summed E-state index contributed by atoms with van der Waals surface area (Å²) < 4.78 is 51.0. The minimum absolute atomic E-state index is 0. The summed E-state index contributed by atoms with van der Waals surface area (Å²) in [4.78, 5) is 4.46. The van der Waals surface area contributed by atoms with E-state index in [1.807, 2.05) is 19.1 Å². The van der Waals surface area contributed by atoms with E-state index in [0.717, 1.165) is 5.56 Å². The largest absolute Gasteiger partial charge is 0.497 e. The number of hydrogen-bond acceptors (Lipinski definition) is 4. The molecule has 0 atom stereocenters. The lowest BCUT2D eigenvalue weighted by Gasteiger charge is -2.13. The van der Waals surface area contributed by atoms with Crippen LogP contribution in [0.2, 0.25) is 0 Å². The van der Waals surface area contributed by atoms with Gasteiger partial charge in [-0.15, -0.1) is 24.0 Å². The van der Waals surface area contributed by atoms with Crippen LogP contribution in [0, 0.1) is 0 Å². The fourth-order valence-corrected chi connectivity index (χ4v) is 2.06. The molecule has 1 aromatic rings. The quantitative estimate of drug-likeness (QED) is 0.221. The molecule has 0 spiro atoms. The number of halogens is 4. The van der Waals surface area contributed by atoms with Crippen molar-refractivity contribution in [1.29, 1.82) is 0 Å². The molecule has 1 rings (SSSR count). The number of aliphatic imine (C=N–C) groups is 1. The molecule has 0 heterocycles. The standard InChI is InChI=1S/C17H26F3N3O3.HI/c1-4-21-16(22-8-5-9-26-12-17(18,19)20)23-11-13-6-7-14(24-2)10-15(13)25-3;/h6-7,10H,4-5,8-9,11-12H2,1-3H3,(H2,21,22,23);1H. The molecular weight excluding hydrogens is 478 g/mol. The predicted octanol–water partition coefficient (Wildman–Crippen LogP) is 3.35. The van der Waals surface area contributed by atoms with Gasteiger partial charge in [0, 0.05) is 31.3 Å². The van der Waals surface area contributed by atoms with Gasteiger partial charge >= 0.3 is 6.18 Å². The third-order valence-electron chi connectivity index (χ3n) is 3.27. The first kappa shape index (κ1) is 25.6. The molecule has 27 heavy (non-hydrogen) atoms. The van der Waals surface area contributed by atoms with E-state index in [0.29, 0.717) is 43.5 Å². The molecule has 0 saturated heterocycles. The molecule has 0 aromatic heterocycles. The Kier molecular flexibility index (Phi) is 13.0. The second kappa shape index (κ2) is 13.7. The number of nitrogens with zero attached hydrogens (tertiary/aromatic N) is 1. The summed E-state index contributed by atoms with van der Waals surface area (Å²) in [5.74, 6) is 1.93. The van der Waals surface area contributed by atoms with E-state index in [9.17, 15) is 13.2 Å². The molecule has 0 bridgehead atoms. The molecule has 0 unspecified atom stereocenters. The van der Waals surface area contributed by atoms with Crippen molar-refractivity contribution in [1.82, 2.24) is 10.6 Å². The second-order valence-corrected chi connectivity index (χ2v) is 5.32. The highest BCUT2D eigenvalue weighted by Gasteiger charge is 2.27. The van der Waals surface area contributed by atoms with E-state index in [-0.39, 0.29) is 30.6 Å². The lowest BCUT2D eigenvalue weighted by molar-refractivity contribution is -0.173. The first-order chi connectivity index (χ1) is 12.4. The van der Waals surface area contributed by atoms with E-state index in [1.54, 1.807) is 20.3 Å². The van der Waals surface area contributed by atoms with Crippen molar-refractivity contribution < 1.29 is 27.4 Å². The molecule has 0 aliphatic carbocycles. The van der Waals surface area contributed by atoms with Crippen molar-refractivity contribution in [2.75, 3.05) is 40.5 Å². The summed E-state index contributed by atoms with van der Waals surface area (Å²) in [5.41, 5.74) is 0.888. The molecule has 0 fully saturated rings. The zero-order valence-electron chi connectivity index (χ0n) is 15.7. The number of benzene rings is 1. The van der Waals surface area contributed by atoms with E-state index >= 15 is 0 Å². The molecular formula is C17H27F3IN3O3. The average molecular weight is 505 g/mol. The number of rotatable bonds is 10. The van der Waals surface area contributed by atoms with Crippen molar-refractivity contribution in [3.8, 4) is 11.5 Å². The fraction of sp³-hybridized carbons (Fsp3) is 0.588. The Hall–Kier alpha value is -1.43. The predicted molar refractivity (Wildman–Crippen MR) is 109 cm³/mol. The molecule has 2 N–H and O–H groups in total. The Morgan fingerprint density at radius 1 is 1.15 bits per heavy atom. The summed E-state index contributed by atoms with van der Waals surface area (Å²) in [7, 11) is 3.16. The number of guanidine groups is 1. The van der Waals surface area contributed by atoms with Gasteiger partial charge < -0.3 is 24.8 Å². The third kappa shape index (κ3) is 11.1. The molecule has 0 radical (unpaired) electrons. The van der Waals surface area contributed by atoms with Gasteiger partial charge in [-0.2, -0.15) is 13.2 Å². The SMILES string of the molecule is CCNC(=NCc1ccc(OC)cc1OC)NCCCOCC(F)(F)F.I. The molecule has 156 valence electrons. The highest BCUT2D eigenvalue weighted by Crippen LogP contribution is 2.25. The number of nitrogens with one attached hydrogen (secondary N) is 2. The lowest BCUT2D eigenvalue weighted by Crippen LogP contribution is -2.38. The maximum atomic E-state index is 12.0. The number of hydrogen-bond donors (Lipinski definition) is 2. The van der Waals surface area contributed by atoms with Gasteiger partial charge in [-0.1, -0.05) is 0 Å². The maximum Gasteiger partial charge on any atom is 0.411 e. The Morgan fingerprint density at radius 3 is 2.48 bits per heavy atom. The van der Waals surface area contributed by atoms with Crippen LogP contribution in [0.5, 0.6) is 11.5 Å². The van der Waals surface area contributed by atoms with Crippen molar-refractivity contribution >= 4 is 29.9 Å². The molecule has 0 amide bonds. The minimum atomic E-state index is -4.29. The Morgan fingerprint density at radius 2 is 1.89 bits per heavy atom. The van der Waals surface area contributed by atoms with Gasteiger partial charge in [0.15, 0.2) is 5.96 Å². The van der Waals surface area contributed by atoms with Crippen LogP contribution in [-0.4, -0.2) is 52.7 Å². The molecule has 0 aliphatic rings. The van der Waals surface area contributed by atoms with E-state index < -0.39 is 12.8 Å². The maximum absolute atomic E-state index is 12.0. The van der Waals surface area contributed by atoms with Gasteiger partial charge in [0.2, 0.25) is 0 Å². The summed E-state index contributed by atoms with van der Waals surface area (Å²) in [6.45, 7) is 2.22. The summed E-state index contributed by atoms with van der Waals surface area (Å²) >= 11 is 0. The van der Waals surface area contributed by atoms with Crippen LogP contribution in [0.4, 0.5) is 13.2 Å². The first-order valence-electron chi connectivity index (χ1n) is 8.27. The van der Waals surface area contributed by atoms with Crippen molar-refractivity contribution in [3.63, 3.8) is 0 Å². The van der Waals surface area contributed by atoms with E-state index in [1.165, 1.54) is 0 Å². The van der Waals surface area contributed by atoms with Gasteiger partial charge in [-0.3, -0.25) is 0 Å². The monoisotopic (exact) mass is 505 g/mol. The number of ether oxygens (including phenoxy) is 3. The number of methoxy groups -OCH3 is 2. The smallest absolute Gasteiger partial charge is 0.411 e. The van der Waals surface area contributed by atoms with Gasteiger partial charge in [0.1, 0.15) is 18.1 Å². The number of alkyl halides is 3. The summed E-state index contributed by atoms with van der Waals surface area (Å²) in [6, 6.07) is 5.48. The van der Waals surface area contributed by atoms with Crippen LogP contribution in [0.25, 0.3) is 0 Å². The topological polar surface area (TPSA) is 64.1 Å². The normalized spacial score (nSPS) is 11.6. The Balaban J connectivity index is 0.00000676. The Labute approximate surface area is 174 Å². The van der Waals surface area contributed by atoms with Gasteiger partial charge in [-0.25, -0.2) is 4.99 Å². The first-order valence-corrected chi connectivity index (χ1v) is 8.27. The van der Waals surface area contributed by atoms with Crippen LogP contribution in [0.1, 0.15) is 18.9 Å². The Bertz CT molecular complexity index is 572. The molecule has 0 saturated carbocycles. The third-order valence-corrected chi connectivity index (χ3v) is 3.27. The van der Waals surface area contributed by atoms with Gasteiger partial charge in [0.05, 0.1) is 20.8 Å². The van der Waals surface area contributed by atoms with Crippen molar-refractivity contribution in [2.45, 2.75) is 26.1 Å². The molecule has 10 heteroatoms. The van der Waals surface area contributed by atoms with Crippen LogP contribution >= 0.6 is 24.0 Å². The second-order valence-electron chi connectivity index (χ2n) is 5.32. The summed E-state index contributed by atoms with van der Waals surface area (Å²) in [6.07, 6.45) is -3.85. The lowest BCUT2D eigenvalue weighted by atomic mass is 10.2. The zero-order chi connectivity index (χ0) is 19.4. The van der Waals surface area contributed by atoms with Gasteiger partial charge in [-0.05, 0) is 25.5 Å². The van der Waals surface area contributed by atoms with Crippen LogP contribution in [0.15, 0.2) is 23.2 Å². The highest BCUT2D eigenvalue weighted by molar-refractivity contribution is 14.0. The molecule has 0 aliphatic heterocycles. The van der Waals surface area contributed by atoms with E-state index in [2.05, 4.69) is 20.4 Å². The van der Waals surface area contributed by atoms with Crippen molar-refractivity contribution in [2.24, 2.45) is 4.99 Å². The highest BCUT2D eigenvalue weighted by atomic mass is 127. The summed E-state index contributed by atoms with van der Waals surface area (Å²) in [5, 5.41) is 6.14. The van der Waals surface area contributed by atoms with Crippen LogP contribution in [-0.2, 0) is 11.3 Å².